The summed E-state index contributed by atoms with van der Waals surface area (Å²) in [5, 5.41) is 1.63. The first-order valence-electron chi connectivity index (χ1n) is 6.29. The van der Waals surface area contributed by atoms with Crippen LogP contribution in [0.25, 0.3) is 21.9 Å². The molecule has 3 aromatic heterocycles. The van der Waals surface area contributed by atoms with Crippen LogP contribution >= 0.6 is 11.6 Å². The molecular weight excluding hydrogens is 258 g/mol. The first-order valence-corrected chi connectivity index (χ1v) is 6.66. The second-order valence-electron chi connectivity index (χ2n) is 5.03. The fourth-order valence-electron chi connectivity index (χ4n) is 2.10. The number of aromatic nitrogens is 3. The molecule has 0 saturated heterocycles. The molecule has 19 heavy (non-hydrogen) atoms. The second kappa shape index (κ2) is 4.42. The van der Waals surface area contributed by atoms with Gasteiger partial charge in [0.2, 0.25) is 0 Å². The fourth-order valence-corrected chi connectivity index (χ4v) is 2.35. The van der Waals surface area contributed by atoms with Crippen LogP contribution in [-0.2, 0) is 0 Å². The van der Waals surface area contributed by atoms with Crippen molar-refractivity contribution in [2.75, 3.05) is 0 Å². The minimum Gasteiger partial charge on any atom is -0.252 e. The summed E-state index contributed by atoms with van der Waals surface area (Å²) < 4.78 is 0. The van der Waals surface area contributed by atoms with E-state index in [0.717, 1.165) is 33.3 Å². The van der Waals surface area contributed by atoms with Gasteiger partial charge in [0.25, 0.3) is 0 Å². The number of hydrogen-bond acceptors (Lipinski definition) is 3. The standard InChI is InChI=1S/C15H14ClN3/c1-8(2)12-6-11(16)14-15(19-12)13-10(7-17-14)5-4-9(3)18-13/h4-8H,1-3H3. The maximum Gasteiger partial charge on any atom is 0.117 e. The number of fused-ring (bicyclic) bond motifs is 3. The van der Waals surface area contributed by atoms with Crippen molar-refractivity contribution in [2.45, 2.75) is 26.7 Å². The molecule has 4 heteroatoms. The Bertz CT molecular complexity index is 781. The zero-order valence-corrected chi connectivity index (χ0v) is 11.9. The molecule has 3 nitrogen and oxygen atoms in total. The van der Waals surface area contributed by atoms with Crippen LogP contribution in [0.15, 0.2) is 24.4 Å². The average molecular weight is 272 g/mol. The highest BCUT2D eigenvalue weighted by molar-refractivity contribution is 6.35. The van der Waals surface area contributed by atoms with Crippen LogP contribution in [0.3, 0.4) is 0 Å². The van der Waals surface area contributed by atoms with Crippen LogP contribution in [0.1, 0.15) is 31.2 Å². The molecule has 96 valence electrons. The number of hydrogen-bond donors (Lipinski definition) is 0. The molecule has 0 aromatic carbocycles. The van der Waals surface area contributed by atoms with Crippen molar-refractivity contribution >= 4 is 33.5 Å². The Balaban J connectivity index is 2.48. The van der Waals surface area contributed by atoms with Gasteiger partial charge >= 0.3 is 0 Å². The van der Waals surface area contributed by atoms with Crippen LogP contribution < -0.4 is 0 Å². The third kappa shape index (κ3) is 2.04. The Kier molecular flexibility index (Phi) is 2.86. The lowest BCUT2D eigenvalue weighted by Gasteiger charge is -2.09. The van der Waals surface area contributed by atoms with Gasteiger partial charge in [-0.15, -0.1) is 0 Å². The third-order valence-corrected chi connectivity index (χ3v) is 3.47. The van der Waals surface area contributed by atoms with E-state index in [4.69, 9.17) is 16.6 Å². The number of pyridine rings is 3. The number of aryl methyl sites for hydroxylation is 1. The van der Waals surface area contributed by atoms with Gasteiger partial charge in [0, 0.05) is 23.0 Å². The summed E-state index contributed by atoms with van der Waals surface area (Å²) in [6.45, 7) is 6.17. The van der Waals surface area contributed by atoms with Crippen molar-refractivity contribution < 1.29 is 0 Å². The van der Waals surface area contributed by atoms with Crippen LogP contribution in [0.5, 0.6) is 0 Å². The maximum atomic E-state index is 6.32. The summed E-state index contributed by atoms with van der Waals surface area (Å²) >= 11 is 6.32. The Morgan fingerprint density at radius 3 is 2.58 bits per heavy atom. The smallest absolute Gasteiger partial charge is 0.117 e. The molecule has 3 rings (SSSR count). The topological polar surface area (TPSA) is 38.7 Å². The third-order valence-electron chi connectivity index (χ3n) is 3.18. The Hall–Kier alpha value is -1.74. The summed E-state index contributed by atoms with van der Waals surface area (Å²) in [6.07, 6.45) is 1.80. The monoisotopic (exact) mass is 271 g/mol. The van der Waals surface area contributed by atoms with E-state index in [1.165, 1.54) is 0 Å². The lowest BCUT2D eigenvalue weighted by molar-refractivity contribution is 0.830. The van der Waals surface area contributed by atoms with Crippen LogP contribution in [0.4, 0.5) is 0 Å². The van der Waals surface area contributed by atoms with Crippen molar-refractivity contribution in [3.8, 4) is 0 Å². The van der Waals surface area contributed by atoms with Crippen molar-refractivity contribution in [3.05, 3.63) is 40.8 Å². The predicted octanol–water partition coefficient (Wildman–Crippen LogP) is 4.26. The molecular formula is C15H14ClN3. The molecule has 0 bridgehead atoms. The number of nitrogens with zero attached hydrogens (tertiary/aromatic N) is 3. The van der Waals surface area contributed by atoms with E-state index in [9.17, 15) is 0 Å². The van der Waals surface area contributed by atoms with Crippen molar-refractivity contribution in [3.63, 3.8) is 0 Å². The molecule has 0 radical (unpaired) electrons. The van der Waals surface area contributed by atoms with Crippen LogP contribution in [0, 0.1) is 6.92 Å². The Labute approximate surface area is 116 Å². The highest BCUT2D eigenvalue weighted by Crippen LogP contribution is 2.28. The van der Waals surface area contributed by atoms with E-state index in [1.807, 2.05) is 25.1 Å². The zero-order valence-electron chi connectivity index (χ0n) is 11.1. The lowest BCUT2D eigenvalue weighted by atomic mass is 10.1. The molecule has 0 N–H and O–H groups in total. The summed E-state index contributed by atoms with van der Waals surface area (Å²) in [5.74, 6) is 0.321. The largest absolute Gasteiger partial charge is 0.252 e. The normalized spacial score (nSPS) is 11.6. The summed E-state index contributed by atoms with van der Waals surface area (Å²) in [4.78, 5) is 13.7. The van der Waals surface area contributed by atoms with Crippen LogP contribution in [-0.4, -0.2) is 15.0 Å². The first kappa shape index (κ1) is 12.3. The molecule has 0 aliphatic carbocycles. The molecule has 3 aromatic rings. The van der Waals surface area contributed by atoms with Gasteiger partial charge in [-0.05, 0) is 31.0 Å². The van der Waals surface area contributed by atoms with Crippen LogP contribution in [0.2, 0.25) is 5.02 Å². The van der Waals surface area contributed by atoms with Crippen molar-refractivity contribution in [1.82, 2.24) is 15.0 Å². The Morgan fingerprint density at radius 2 is 1.84 bits per heavy atom. The quantitative estimate of drug-likeness (QED) is 0.621. The van der Waals surface area contributed by atoms with Crippen molar-refractivity contribution in [2.24, 2.45) is 0 Å². The number of halogens is 1. The maximum absolute atomic E-state index is 6.32. The van der Waals surface area contributed by atoms with Gasteiger partial charge in [-0.2, -0.15) is 0 Å². The van der Waals surface area contributed by atoms with Gasteiger partial charge in [-0.1, -0.05) is 25.4 Å². The molecule has 0 amide bonds. The summed E-state index contributed by atoms with van der Waals surface area (Å²) in [6, 6.07) is 5.88. The van der Waals surface area contributed by atoms with Gasteiger partial charge in [-0.3, -0.25) is 9.97 Å². The van der Waals surface area contributed by atoms with Gasteiger partial charge in [0.05, 0.1) is 10.5 Å². The zero-order chi connectivity index (χ0) is 13.6. The van der Waals surface area contributed by atoms with E-state index in [1.54, 1.807) is 6.20 Å². The molecule has 0 fully saturated rings. The second-order valence-corrected chi connectivity index (χ2v) is 5.44. The SMILES string of the molecule is Cc1ccc2cnc3c(Cl)cc(C(C)C)nc3c2n1. The minimum atomic E-state index is 0.321. The molecule has 0 unspecified atom stereocenters. The summed E-state index contributed by atoms with van der Waals surface area (Å²) in [5.41, 5.74) is 4.31. The minimum absolute atomic E-state index is 0.321. The molecule has 0 spiro atoms. The van der Waals surface area contributed by atoms with Gasteiger partial charge < -0.3 is 0 Å². The molecule has 0 aliphatic rings. The molecule has 3 heterocycles. The Morgan fingerprint density at radius 1 is 1.05 bits per heavy atom. The first-order chi connectivity index (χ1) is 9.06. The van der Waals surface area contributed by atoms with Gasteiger partial charge in [-0.25, -0.2) is 4.98 Å². The van der Waals surface area contributed by atoms with E-state index in [0.29, 0.717) is 10.9 Å². The molecule has 0 atom stereocenters. The molecule has 0 aliphatic heterocycles. The predicted molar refractivity (Wildman–Crippen MR) is 78.7 cm³/mol. The van der Waals surface area contributed by atoms with E-state index in [2.05, 4.69) is 23.8 Å². The highest BCUT2D eigenvalue weighted by Gasteiger charge is 2.12. The van der Waals surface area contributed by atoms with E-state index >= 15 is 0 Å². The average Bonchev–Trinajstić information content (AvgIpc) is 2.38. The van der Waals surface area contributed by atoms with Gasteiger partial charge in [0.1, 0.15) is 11.0 Å². The van der Waals surface area contributed by atoms with E-state index in [-0.39, 0.29) is 0 Å². The lowest BCUT2D eigenvalue weighted by Crippen LogP contribution is -1.97. The van der Waals surface area contributed by atoms with Gasteiger partial charge in [0.15, 0.2) is 0 Å². The fraction of sp³-hybridized carbons (Fsp3) is 0.267. The molecule has 0 saturated carbocycles. The highest BCUT2D eigenvalue weighted by atomic mass is 35.5. The summed E-state index contributed by atoms with van der Waals surface area (Å²) in [7, 11) is 0. The number of rotatable bonds is 1. The van der Waals surface area contributed by atoms with E-state index < -0.39 is 0 Å². The van der Waals surface area contributed by atoms with Crippen molar-refractivity contribution in [1.29, 1.82) is 0 Å².